The zero-order valence-corrected chi connectivity index (χ0v) is 17.6. The van der Waals surface area contributed by atoms with Crippen LogP contribution in [0.4, 0.5) is 23.2 Å². The number of nitrogens with zero attached hydrogens (tertiary/aromatic N) is 2. The maximum Gasteiger partial charge on any atom is 0.433 e. The number of anilines is 1. The molecule has 31 heavy (non-hydrogen) atoms. The van der Waals surface area contributed by atoms with E-state index in [0.29, 0.717) is 42.3 Å². The van der Waals surface area contributed by atoms with Crippen LogP contribution >= 0.6 is 11.3 Å². The molecule has 0 spiro atoms. The van der Waals surface area contributed by atoms with Crippen LogP contribution < -0.4 is 10.2 Å². The summed E-state index contributed by atoms with van der Waals surface area (Å²) >= 11 is 1.06. The first-order chi connectivity index (χ1) is 14.7. The Morgan fingerprint density at radius 3 is 2.52 bits per heavy atom. The quantitative estimate of drug-likeness (QED) is 0.523. The lowest BCUT2D eigenvalue weighted by molar-refractivity contribution is -0.140. The number of pyridine rings is 1. The summed E-state index contributed by atoms with van der Waals surface area (Å²) < 4.78 is 53.7. The van der Waals surface area contributed by atoms with E-state index in [-0.39, 0.29) is 17.0 Å². The molecule has 0 aliphatic heterocycles. The van der Waals surface area contributed by atoms with E-state index in [9.17, 15) is 22.4 Å². The number of aromatic nitrogens is 1. The summed E-state index contributed by atoms with van der Waals surface area (Å²) in [7, 11) is 1.80. The number of carbonyl (C=O) groups is 1. The first-order valence-electron chi connectivity index (χ1n) is 9.97. The van der Waals surface area contributed by atoms with Crippen LogP contribution in [0.15, 0.2) is 41.8 Å². The van der Waals surface area contributed by atoms with E-state index in [1.165, 1.54) is 11.4 Å². The number of nitrogens with one attached hydrogen (secondary N) is 1. The molecule has 4 rings (SSSR count). The minimum absolute atomic E-state index is 0.0264. The van der Waals surface area contributed by atoms with Crippen LogP contribution in [0.25, 0.3) is 10.9 Å². The number of carbonyl (C=O) groups excluding carboxylic acids is 1. The number of hydrogen-bond acceptors (Lipinski definition) is 4. The van der Waals surface area contributed by atoms with Crippen LogP contribution in [0, 0.1) is 5.82 Å². The van der Waals surface area contributed by atoms with Gasteiger partial charge in [0.25, 0.3) is 5.91 Å². The van der Waals surface area contributed by atoms with Gasteiger partial charge in [-0.25, -0.2) is 9.37 Å². The SMILES string of the molecule is CN(c1cc(C(F)(F)F)nc2ccccc12)[C@H]1CC[C@@H](NC(=O)c2sccc2F)CC1. The van der Waals surface area contributed by atoms with Gasteiger partial charge in [0.1, 0.15) is 16.4 Å². The molecule has 9 heteroatoms. The third kappa shape index (κ3) is 4.51. The highest BCUT2D eigenvalue weighted by Crippen LogP contribution is 2.36. The Bertz CT molecular complexity index is 1090. The highest BCUT2D eigenvalue weighted by molar-refractivity contribution is 7.12. The number of fused-ring (bicyclic) bond motifs is 1. The van der Waals surface area contributed by atoms with Gasteiger partial charge in [-0.2, -0.15) is 13.2 Å². The summed E-state index contributed by atoms with van der Waals surface area (Å²) in [5, 5.41) is 5.07. The van der Waals surface area contributed by atoms with Gasteiger partial charge in [-0.05, 0) is 49.3 Å². The Morgan fingerprint density at radius 2 is 1.87 bits per heavy atom. The lowest BCUT2D eigenvalue weighted by Gasteiger charge is -2.36. The standard InChI is InChI=1S/C22H21F4N3OS/c1-29(18-12-19(22(24,25)26)28-17-5-3-2-4-15(17)18)14-8-6-13(7-9-14)27-21(30)20-16(23)10-11-31-20/h2-5,10-14H,6-9H2,1H3,(H,27,30)/t13-,14+. The number of rotatable bonds is 4. The van der Waals surface area contributed by atoms with Gasteiger partial charge in [0.05, 0.1) is 5.52 Å². The smallest absolute Gasteiger partial charge is 0.371 e. The molecule has 0 bridgehead atoms. The second kappa shape index (κ2) is 8.45. The summed E-state index contributed by atoms with van der Waals surface area (Å²) in [5.74, 6) is -0.944. The fourth-order valence-corrected chi connectivity index (χ4v) is 4.78. The molecule has 1 fully saturated rings. The van der Waals surface area contributed by atoms with Crippen molar-refractivity contribution in [2.24, 2.45) is 0 Å². The number of para-hydroxylation sites is 1. The molecule has 0 unspecified atom stereocenters. The average Bonchev–Trinajstić information content (AvgIpc) is 3.18. The van der Waals surface area contributed by atoms with Gasteiger partial charge in [-0.3, -0.25) is 4.79 Å². The molecule has 2 heterocycles. The third-order valence-electron chi connectivity index (χ3n) is 5.77. The van der Waals surface area contributed by atoms with E-state index >= 15 is 0 Å². The Labute approximate surface area is 180 Å². The van der Waals surface area contributed by atoms with Crippen molar-refractivity contribution in [1.82, 2.24) is 10.3 Å². The van der Waals surface area contributed by atoms with Gasteiger partial charge in [0.15, 0.2) is 0 Å². The van der Waals surface area contributed by atoms with E-state index in [0.717, 1.165) is 17.4 Å². The average molecular weight is 451 g/mol. The molecule has 3 aromatic rings. The van der Waals surface area contributed by atoms with Crippen LogP contribution in [-0.2, 0) is 6.18 Å². The number of thiophene rings is 1. The first-order valence-corrected chi connectivity index (χ1v) is 10.9. The van der Waals surface area contributed by atoms with Gasteiger partial charge in [-0.15, -0.1) is 11.3 Å². The molecule has 2 aromatic heterocycles. The second-order valence-corrected chi connectivity index (χ2v) is 8.65. The van der Waals surface area contributed by atoms with Crippen molar-refractivity contribution in [3.63, 3.8) is 0 Å². The molecular weight excluding hydrogens is 430 g/mol. The minimum atomic E-state index is -4.53. The molecule has 1 aromatic carbocycles. The molecule has 1 N–H and O–H groups in total. The Hall–Kier alpha value is -2.68. The number of halogens is 4. The van der Waals surface area contributed by atoms with E-state index < -0.39 is 23.6 Å². The lowest BCUT2D eigenvalue weighted by atomic mass is 9.89. The Kier molecular flexibility index (Phi) is 5.88. The van der Waals surface area contributed by atoms with Crippen molar-refractivity contribution >= 4 is 33.8 Å². The molecule has 1 amide bonds. The van der Waals surface area contributed by atoms with Crippen molar-refractivity contribution in [3.8, 4) is 0 Å². The largest absolute Gasteiger partial charge is 0.433 e. The van der Waals surface area contributed by atoms with Crippen LogP contribution in [0.1, 0.15) is 41.0 Å². The molecule has 4 nitrogen and oxygen atoms in total. The van der Waals surface area contributed by atoms with Crippen LogP contribution in [0.3, 0.4) is 0 Å². The normalized spacial score (nSPS) is 19.4. The molecule has 0 atom stereocenters. The summed E-state index contributed by atoms with van der Waals surface area (Å²) in [6, 6.07) is 9.12. The number of benzene rings is 1. The number of alkyl halides is 3. The zero-order valence-electron chi connectivity index (χ0n) is 16.7. The van der Waals surface area contributed by atoms with E-state index in [2.05, 4.69) is 10.3 Å². The summed E-state index contributed by atoms with van der Waals surface area (Å²) in [6.45, 7) is 0. The van der Waals surface area contributed by atoms with E-state index in [1.807, 2.05) is 4.90 Å². The third-order valence-corrected chi connectivity index (χ3v) is 6.66. The molecule has 1 saturated carbocycles. The Morgan fingerprint density at radius 1 is 1.16 bits per heavy atom. The highest BCUT2D eigenvalue weighted by Gasteiger charge is 2.34. The second-order valence-electron chi connectivity index (χ2n) is 7.73. The fraction of sp³-hybridized carbons (Fsp3) is 0.364. The van der Waals surface area contributed by atoms with Gasteiger partial charge in [0, 0.05) is 30.2 Å². The summed E-state index contributed by atoms with van der Waals surface area (Å²) in [4.78, 5) is 18.0. The van der Waals surface area contributed by atoms with Crippen LogP contribution in [0.5, 0.6) is 0 Å². The molecule has 0 saturated heterocycles. The van der Waals surface area contributed by atoms with Crippen molar-refractivity contribution in [2.45, 2.75) is 43.9 Å². The predicted octanol–water partition coefficient (Wildman–Crippen LogP) is 5.63. The zero-order chi connectivity index (χ0) is 22.2. The van der Waals surface area contributed by atoms with Crippen LogP contribution in [0.2, 0.25) is 0 Å². The van der Waals surface area contributed by atoms with Gasteiger partial charge >= 0.3 is 6.18 Å². The molecule has 164 valence electrons. The molecule has 1 aliphatic rings. The first kappa shape index (κ1) is 21.5. The predicted molar refractivity (Wildman–Crippen MR) is 113 cm³/mol. The van der Waals surface area contributed by atoms with Gasteiger partial charge in [0.2, 0.25) is 0 Å². The van der Waals surface area contributed by atoms with E-state index in [1.54, 1.807) is 31.3 Å². The fourth-order valence-electron chi connectivity index (χ4n) is 4.10. The van der Waals surface area contributed by atoms with E-state index in [4.69, 9.17) is 0 Å². The highest BCUT2D eigenvalue weighted by atomic mass is 32.1. The maximum atomic E-state index is 13.6. The summed E-state index contributed by atoms with van der Waals surface area (Å²) in [6.07, 6.45) is -1.79. The monoisotopic (exact) mass is 451 g/mol. The topological polar surface area (TPSA) is 45.2 Å². The van der Waals surface area contributed by atoms with Gasteiger partial charge < -0.3 is 10.2 Å². The number of hydrogen-bond donors (Lipinski definition) is 1. The van der Waals surface area contributed by atoms with Gasteiger partial charge in [-0.1, -0.05) is 18.2 Å². The molecule has 1 aliphatic carbocycles. The van der Waals surface area contributed by atoms with Crippen molar-refractivity contribution in [2.75, 3.05) is 11.9 Å². The Balaban J connectivity index is 1.49. The molecular formula is C22H21F4N3OS. The number of amides is 1. The van der Waals surface area contributed by atoms with Crippen molar-refractivity contribution < 1.29 is 22.4 Å². The van der Waals surface area contributed by atoms with Crippen LogP contribution in [-0.4, -0.2) is 30.0 Å². The van der Waals surface area contributed by atoms with Crippen molar-refractivity contribution in [1.29, 1.82) is 0 Å². The minimum Gasteiger partial charge on any atom is -0.371 e. The lowest BCUT2D eigenvalue weighted by Crippen LogP contribution is -2.43. The summed E-state index contributed by atoms with van der Waals surface area (Å²) in [5.41, 5.74) is -0.115. The maximum absolute atomic E-state index is 13.6. The van der Waals surface area contributed by atoms with Crippen molar-refractivity contribution in [3.05, 3.63) is 58.2 Å². The molecule has 0 radical (unpaired) electrons.